The number of allylic oxidation sites excluding steroid dienone is 8. The van der Waals surface area contributed by atoms with Crippen molar-refractivity contribution in [2.45, 2.75) is 84.0 Å². The van der Waals surface area contributed by atoms with Crippen LogP contribution in [0.2, 0.25) is 0 Å². The molecule has 136 valence electrons. The van der Waals surface area contributed by atoms with Crippen LogP contribution in [0, 0.1) is 0 Å². The summed E-state index contributed by atoms with van der Waals surface area (Å²) >= 11 is 0. The predicted octanol–water partition coefficient (Wildman–Crippen LogP) is 7.00. The fraction of sp³-hybridized carbons (Fsp3) is 0.591. The van der Waals surface area contributed by atoms with Gasteiger partial charge < -0.3 is 5.11 Å². The standard InChI is InChI=1S/C22H36O2/c1-2-3-4-5-6-7-8-9-10-11-12-13-14-15-16-17-18-19-20-21-22(23)24/h6-7,9-10,12-13,15-16H,2-5,8,11,14,17-21H2,1H3,(H,23,24)/b7-6-,10-9+,13-12-,16-15+. The summed E-state index contributed by atoms with van der Waals surface area (Å²) in [6.07, 6.45) is 30.2. The minimum Gasteiger partial charge on any atom is -0.481 e. The van der Waals surface area contributed by atoms with Crippen LogP contribution in [-0.4, -0.2) is 11.1 Å². The minimum atomic E-state index is -0.687. The van der Waals surface area contributed by atoms with Gasteiger partial charge in [-0.15, -0.1) is 0 Å². The summed E-state index contributed by atoms with van der Waals surface area (Å²) in [4.78, 5) is 10.4. The van der Waals surface area contributed by atoms with Gasteiger partial charge in [-0.05, 0) is 51.4 Å². The topological polar surface area (TPSA) is 37.3 Å². The Kier molecular flexibility index (Phi) is 18.2. The number of aliphatic carboxylic acids is 1. The van der Waals surface area contributed by atoms with E-state index in [1.54, 1.807) is 0 Å². The lowest BCUT2D eigenvalue weighted by molar-refractivity contribution is -0.137. The number of unbranched alkanes of at least 4 members (excludes halogenated alkanes) is 6. The van der Waals surface area contributed by atoms with Gasteiger partial charge in [0.2, 0.25) is 0 Å². The Hall–Kier alpha value is -1.57. The van der Waals surface area contributed by atoms with Crippen molar-refractivity contribution in [3.8, 4) is 0 Å². The van der Waals surface area contributed by atoms with E-state index in [0.717, 1.165) is 44.9 Å². The van der Waals surface area contributed by atoms with Crippen molar-refractivity contribution >= 4 is 5.97 Å². The molecule has 2 heteroatoms. The fourth-order valence-electron chi connectivity index (χ4n) is 2.28. The number of rotatable bonds is 16. The Balaban J connectivity index is 3.37. The maximum atomic E-state index is 10.4. The lowest BCUT2D eigenvalue weighted by atomic mass is 10.1. The lowest BCUT2D eigenvalue weighted by Crippen LogP contribution is -1.93. The van der Waals surface area contributed by atoms with Gasteiger partial charge in [0.05, 0.1) is 0 Å². The molecule has 0 aromatic heterocycles. The van der Waals surface area contributed by atoms with Gasteiger partial charge in [0.25, 0.3) is 0 Å². The third-order valence-electron chi connectivity index (χ3n) is 3.72. The first-order valence-corrected chi connectivity index (χ1v) is 9.59. The van der Waals surface area contributed by atoms with Crippen LogP contribution >= 0.6 is 0 Å². The second kappa shape index (κ2) is 19.5. The summed E-state index contributed by atoms with van der Waals surface area (Å²) in [6, 6.07) is 0. The van der Waals surface area contributed by atoms with Gasteiger partial charge in [0.15, 0.2) is 0 Å². The average Bonchev–Trinajstić information content (AvgIpc) is 2.56. The summed E-state index contributed by atoms with van der Waals surface area (Å²) in [5.74, 6) is -0.687. The molecular formula is C22H36O2. The third-order valence-corrected chi connectivity index (χ3v) is 3.72. The predicted molar refractivity (Wildman–Crippen MR) is 105 cm³/mol. The Morgan fingerprint density at radius 1 is 0.667 bits per heavy atom. The normalized spacial score (nSPS) is 12.4. The van der Waals surface area contributed by atoms with Crippen molar-refractivity contribution in [3.63, 3.8) is 0 Å². The van der Waals surface area contributed by atoms with Crippen LogP contribution in [0.4, 0.5) is 0 Å². The zero-order valence-corrected chi connectivity index (χ0v) is 15.5. The molecule has 0 radical (unpaired) electrons. The van der Waals surface area contributed by atoms with E-state index in [0.29, 0.717) is 6.42 Å². The molecule has 0 heterocycles. The molecule has 0 saturated heterocycles. The monoisotopic (exact) mass is 332 g/mol. The molecule has 0 aromatic carbocycles. The van der Waals surface area contributed by atoms with Gasteiger partial charge in [0.1, 0.15) is 0 Å². The summed E-state index contributed by atoms with van der Waals surface area (Å²) in [5, 5.41) is 8.53. The Morgan fingerprint density at radius 2 is 1.12 bits per heavy atom. The first kappa shape index (κ1) is 22.4. The van der Waals surface area contributed by atoms with Crippen LogP contribution in [0.1, 0.15) is 84.0 Å². The quantitative estimate of drug-likeness (QED) is 0.244. The molecule has 0 bridgehead atoms. The van der Waals surface area contributed by atoms with Gasteiger partial charge in [-0.1, -0.05) is 74.8 Å². The number of hydrogen-bond donors (Lipinski definition) is 1. The molecule has 1 N–H and O–H groups in total. The maximum Gasteiger partial charge on any atom is 0.303 e. The lowest BCUT2D eigenvalue weighted by Gasteiger charge is -1.94. The first-order chi connectivity index (χ1) is 11.8. The zero-order valence-electron chi connectivity index (χ0n) is 15.5. The Bertz CT molecular complexity index is 389. The number of carbonyl (C=O) groups is 1. The second-order valence-electron chi connectivity index (χ2n) is 6.08. The summed E-state index contributed by atoms with van der Waals surface area (Å²) in [6.45, 7) is 2.24. The van der Waals surface area contributed by atoms with Crippen LogP contribution in [0.3, 0.4) is 0 Å². The molecule has 0 atom stereocenters. The molecule has 0 fully saturated rings. The smallest absolute Gasteiger partial charge is 0.303 e. The summed E-state index contributed by atoms with van der Waals surface area (Å²) in [7, 11) is 0. The highest BCUT2D eigenvalue weighted by molar-refractivity contribution is 5.66. The van der Waals surface area contributed by atoms with Crippen molar-refractivity contribution < 1.29 is 9.90 Å². The van der Waals surface area contributed by atoms with Crippen molar-refractivity contribution in [1.29, 1.82) is 0 Å². The molecule has 0 amide bonds. The maximum absolute atomic E-state index is 10.4. The molecule has 0 aliphatic heterocycles. The third kappa shape index (κ3) is 20.4. The number of carboxylic acids is 1. The van der Waals surface area contributed by atoms with Crippen LogP contribution in [0.15, 0.2) is 48.6 Å². The molecule has 0 saturated carbocycles. The van der Waals surface area contributed by atoms with Gasteiger partial charge >= 0.3 is 5.97 Å². The van der Waals surface area contributed by atoms with Crippen molar-refractivity contribution in [1.82, 2.24) is 0 Å². The fourth-order valence-corrected chi connectivity index (χ4v) is 2.28. The highest BCUT2D eigenvalue weighted by Gasteiger charge is 1.94. The van der Waals surface area contributed by atoms with Crippen molar-refractivity contribution in [2.75, 3.05) is 0 Å². The van der Waals surface area contributed by atoms with E-state index in [-0.39, 0.29) is 0 Å². The van der Waals surface area contributed by atoms with E-state index in [2.05, 4.69) is 55.5 Å². The second-order valence-corrected chi connectivity index (χ2v) is 6.08. The average molecular weight is 333 g/mol. The van der Waals surface area contributed by atoms with Crippen LogP contribution in [-0.2, 0) is 4.79 Å². The minimum absolute atomic E-state index is 0.300. The molecule has 0 unspecified atom stereocenters. The molecule has 0 spiro atoms. The van der Waals surface area contributed by atoms with Crippen LogP contribution in [0.25, 0.3) is 0 Å². The molecule has 0 aliphatic rings. The van der Waals surface area contributed by atoms with E-state index in [9.17, 15) is 4.79 Å². The van der Waals surface area contributed by atoms with E-state index < -0.39 is 5.97 Å². The van der Waals surface area contributed by atoms with Crippen molar-refractivity contribution in [3.05, 3.63) is 48.6 Å². The van der Waals surface area contributed by atoms with Gasteiger partial charge in [-0.25, -0.2) is 0 Å². The SMILES string of the molecule is CCCCC/C=C\C/C=C/C/C=C\C/C=C/CCCCCC(=O)O. The largest absolute Gasteiger partial charge is 0.481 e. The van der Waals surface area contributed by atoms with E-state index in [1.165, 1.54) is 25.7 Å². The van der Waals surface area contributed by atoms with Crippen LogP contribution in [0.5, 0.6) is 0 Å². The van der Waals surface area contributed by atoms with Crippen LogP contribution < -0.4 is 0 Å². The molecule has 24 heavy (non-hydrogen) atoms. The molecule has 0 rings (SSSR count). The number of hydrogen-bond acceptors (Lipinski definition) is 1. The first-order valence-electron chi connectivity index (χ1n) is 9.59. The van der Waals surface area contributed by atoms with Crippen molar-refractivity contribution in [2.24, 2.45) is 0 Å². The summed E-state index contributed by atoms with van der Waals surface area (Å²) in [5.41, 5.74) is 0. The van der Waals surface area contributed by atoms with E-state index in [1.807, 2.05) is 0 Å². The van der Waals surface area contributed by atoms with E-state index >= 15 is 0 Å². The molecule has 0 aromatic rings. The Labute approximate surface area is 149 Å². The summed E-state index contributed by atoms with van der Waals surface area (Å²) < 4.78 is 0. The van der Waals surface area contributed by atoms with E-state index in [4.69, 9.17) is 5.11 Å². The number of carboxylic acid groups (broad SMARTS) is 1. The molecular weight excluding hydrogens is 296 g/mol. The molecule has 0 aliphatic carbocycles. The molecule has 2 nitrogen and oxygen atoms in total. The highest BCUT2D eigenvalue weighted by Crippen LogP contribution is 2.04. The van der Waals surface area contributed by atoms with Gasteiger partial charge in [-0.3, -0.25) is 4.79 Å². The van der Waals surface area contributed by atoms with Gasteiger partial charge in [0, 0.05) is 6.42 Å². The highest BCUT2D eigenvalue weighted by atomic mass is 16.4. The zero-order chi connectivity index (χ0) is 17.7. The Morgan fingerprint density at radius 3 is 1.58 bits per heavy atom. The van der Waals surface area contributed by atoms with Gasteiger partial charge in [-0.2, -0.15) is 0 Å².